The number of aliphatic imine (C=N–C) groups is 1. The van der Waals surface area contributed by atoms with E-state index in [1.165, 1.54) is 0 Å². The van der Waals surface area contributed by atoms with Crippen LogP contribution < -0.4 is 15.5 Å². The van der Waals surface area contributed by atoms with E-state index in [0.29, 0.717) is 56.2 Å². The molecule has 2 saturated heterocycles. The summed E-state index contributed by atoms with van der Waals surface area (Å²) in [4.78, 5) is 6.73. The second kappa shape index (κ2) is 8.71. The molecular weight excluding hydrogens is 383 g/mol. The van der Waals surface area contributed by atoms with Crippen molar-refractivity contribution in [3.8, 4) is 0 Å². The van der Waals surface area contributed by atoms with Gasteiger partial charge in [-0.3, -0.25) is 0 Å². The molecule has 7 heteroatoms. The van der Waals surface area contributed by atoms with E-state index in [1.807, 2.05) is 17.0 Å². The van der Waals surface area contributed by atoms with E-state index in [4.69, 9.17) is 9.73 Å². The Labute approximate surface area is 178 Å². The molecule has 1 aromatic carbocycles. The molecule has 166 valence electrons. The van der Waals surface area contributed by atoms with E-state index in [9.17, 15) is 9.50 Å². The first-order chi connectivity index (χ1) is 14.4. The second-order valence-corrected chi connectivity index (χ2v) is 9.39. The molecule has 6 nitrogen and oxygen atoms in total. The molecule has 1 aromatic rings. The van der Waals surface area contributed by atoms with Crippen LogP contribution in [0, 0.1) is 17.2 Å². The van der Waals surface area contributed by atoms with Gasteiger partial charge in [0, 0.05) is 43.6 Å². The van der Waals surface area contributed by atoms with Gasteiger partial charge in [0.1, 0.15) is 5.82 Å². The predicted octanol–water partition coefficient (Wildman–Crippen LogP) is 2.66. The second-order valence-electron chi connectivity index (χ2n) is 9.39. The molecule has 3 unspecified atom stereocenters. The number of nitrogens with zero attached hydrogens (tertiary/aromatic N) is 2. The van der Waals surface area contributed by atoms with Gasteiger partial charge in [-0.2, -0.15) is 0 Å². The molecule has 3 aliphatic rings. The average Bonchev–Trinajstić information content (AvgIpc) is 3.18. The third kappa shape index (κ3) is 4.14. The summed E-state index contributed by atoms with van der Waals surface area (Å²) in [7, 11) is 0. The van der Waals surface area contributed by atoms with Crippen molar-refractivity contribution in [1.29, 1.82) is 0 Å². The van der Waals surface area contributed by atoms with E-state index < -0.39 is 0 Å². The minimum atomic E-state index is -0.262. The fourth-order valence-electron chi connectivity index (χ4n) is 5.27. The zero-order valence-corrected chi connectivity index (χ0v) is 18.3. The van der Waals surface area contributed by atoms with Gasteiger partial charge >= 0.3 is 0 Å². The molecule has 2 heterocycles. The van der Waals surface area contributed by atoms with Gasteiger partial charge in [0.15, 0.2) is 5.96 Å². The van der Waals surface area contributed by atoms with Gasteiger partial charge < -0.3 is 25.4 Å². The zero-order chi connectivity index (χ0) is 21.3. The van der Waals surface area contributed by atoms with Crippen molar-refractivity contribution in [1.82, 2.24) is 10.6 Å². The monoisotopic (exact) mass is 418 g/mol. The van der Waals surface area contributed by atoms with Crippen LogP contribution >= 0.6 is 0 Å². The number of aliphatic hydroxyl groups excluding tert-OH is 1. The summed E-state index contributed by atoms with van der Waals surface area (Å²) in [6.07, 6.45) is 2.53. The normalized spacial score (nSPS) is 28.8. The maximum Gasteiger partial charge on any atom is 0.191 e. The van der Waals surface area contributed by atoms with Crippen LogP contribution in [0.15, 0.2) is 23.2 Å². The number of benzene rings is 1. The molecule has 0 radical (unpaired) electrons. The fourth-order valence-corrected chi connectivity index (χ4v) is 5.27. The Morgan fingerprint density at radius 3 is 2.77 bits per heavy atom. The number of hydrogen-bond acceptors (Lipinski definition) is 4. The van der Waals surface area contributed by atoms with Gasteiger partial charge in [-0.25, -0.2) is 9.38 Å². The fraction of sp³-hybridized carbons (Fsp3) is 0.696. The number of anilines is 1. The lowest BCUT2D eigenvalue weighted by Crippen LogP contribution is -2.67. The first-order valence-corrected chi connectivity index (χ1v) is 11.3. The number of halogens is 1. The maximum absolute atomic E-state index is 14.7. The molecule has 3 fully saturated rings. The quantitative estimate of drug-likeness (QED) is 0.507. The molecule has 1 saturated carbocycles. The first kappa shape index (κ1) is 21.4. The van der Waals surface area contributed by atoms with Crippen LogP contribution in [0.3, 0.4) is 0 Å². The van der Waals surface area contributed by atoms with Crippen molar-refractivity contribution in [3.05, 3.63) is 29.6 Å². The molecule has 0 aromatic heterocycles. The molecule has 0 spiro atoms. The minimum absolute atomic E-state index is 0.0765. The number of ether oxygens (including phenoxy) is 1. The highest BCUT2D eigenvalue weighted by Crippen LogP contribution is 2.52. The van der Waals surface area contributed by atoms with Gasteiger partial charge in [0.2, 0.25) is 0 Å². The number of rotatable bonds is 5. The molecule has 2 aliphatic heterocycles. The molecule has 0 bridgehead atoms. The largest absolute Gasteiger partial charge is 0.393 e. The molecule has 0 amide bonds. The van der Waals surface area contributed by atoms with E-state index >= 15 is 0 Å². The van der Waals surface area contributed by atoms with Crippen molar-refractivity contribution in [2.24, 2.45) is 16.3 Å². The van der Waals surface area contributed by atoms with Crippen molar-refractivity contribution < 1.29 is 14.2 Å². The summed E-state index contributed by atoms with van der Waals surface area (Å²) in [5, 5.41) is 16.6. The third-order valence-corrected chi connectivity index (χ3v) is 6.97. The number of fused-ring (bicyclic) bond motifs is 1. The summed E-state index contributed by atoms with van der Waals surface area (Å²) in [6, 6.07) is 5.70. The van der Waals surface area contributed by atoms with E-state index in [2.05, 4.69) is 31.4 Å². The average molecular weight is 419 g/mol. The van der Waals surface area contributed by atoms with Gasteiger partial charge in [-0.1, -0.05) is 19.9 Å². The van der Waals surface area contributed by atoms with Crippen LogP contribution in [0.1, 0.15) is 45.6 Å². The van der Waals surface area contributed by atoms with Crippen LogP contribution in [0.2, 0.25) is 0 Å². The van der Waals surface area contributed by atoms with Gasteiger partial charge in [-0.05, 0) is 43.9 Å². The number of aliphatic hydroxyl groups is 1. The highest BCUT2D eigenvalue weighted by atomic mass is 19.1. The highest BCUT2D eigenvalue weighted by molar-refractivity contribution is 5.80. The summed E-state index contributed by atoms with van der Waals surface area (Å²) in [5.41, 5.74) is 1.54. The lowest BCUT2D eigenvalue weighted by Gasteiger charge is -2.54. The summed E-state index contributed by atoms with van der Waals surface area (Å²) < 4.78 is 20.6. The van der Waals surface area contributed by atoms with Crippen molar-refractivity contribution in [3.63, 3.8) is 0 Å². The predicted molar refractivity (Wildman–Crippen MR) is 117 cm³/mol. The maximum atomic E-state index is 14.7. The van der Waals surface area contributed by atoms with Gasteiger partial charge in [0.05, 0.1) is 24.4 Å². The SMILES string of the molecule is CCNC(=NCc1ccc(N2CCC(O)CC2)c(F)c1)NC1C2CCOC2C1(C)C. The van der Waals surface area contributed by atoms with Crippen LogP contribution in [-0.2, 0) is 11.3 Å². The van der Waals surface area contributed by atoms with Gasteiger partial charge in [-0.15, -0.1) is 0 Å². The molecular formula is C23H35FN4O2. The minimum Gasteiger partial charge on any atom is -0.393 e. The van der Waals surface area contributed by atoms with Crippen molar-refractivity contribution in [2.45, 2.75) is 64.8 Å². The number of guanidine groups is 1. The summed E-state index contributed by atoms with van der Waals surface area (Å²) >= 11 is 0. The van der Waals surface area contributed by atoms with Crippen molar-refractivity contribution in [2.75, 3.05) is 31.1 Å². The molecule has 3 atom stereocenters. The molecule has 4 rings (SSSR count). The molecule has 3 N–H and O–H groups in total. The lowest BCUT2D eigenvalue weighted by molar-refractivity contribution is -0.106. The number of piperidine rings is 1. The Kier molecular flexibility index (Phi) is 6.21. The van der Waals surface area contributed by atoms with Crippen molar-refractivity contribution >= 4 is 11.6 Å². The molecule has 1 aliphatic carbocycles. The van der Waals surface area contributed by atoms with Crippen LogP contribution in [0.5, 0.6) is 0 Å². The van der Waals surface area contributed by atoms with E-state index in [0.717, 1.165) is 31.1 Å². The summed E-state index contributed by atoms with van der Waals surface area (Å²) in [6.45, 7) is 9.95. The Bertz CT molecular complexity index is 776. The Morgan fingerprint density at radius 1 is 1.30 bits per heavy atom. The summed E-state index contributed by atoms with van der Waals surface area (Å²) in [5.74, 6) is 1.09. The van der Waals surface area contributed by atoms with Gasteiger partial charge in [0.25, 0.3) is 0 Å². The zero-order valence-electron chi connectivity index (χ0n) is 18.3. The smallest absolute Gasteiger partial charge is 0.191 e. The molecule has 30 heavy (non-hydrogen) atoms. The Balaban J connectivity index is 1.41. The number of nitrogens with one attached hydrogen (secondary N) is 2. The van der Waals surface area contributed by atoms with Crippen LogP contribution in [-0.4, -0.2) is 55.6 Å². The number of hydrogen-bond donors (Lipinski definition) is 3. The van der Waals surface area contributed by atoms with Crippen LogP contribution in [0.25, 0.3) is 0 Å². The standard InChI is InChI=1S/C23H35FN4O2/c1-4-25-22(27-20-17-9-12-30-21(17)23(20,2)3)26-14-15-5-6-19(18(24)13-15)28-10-7-16(29)8-11-28/h5-6,13,16-17,20-21,29H,4,7-12,14H2,1-3H3,(H2,25,26,27). The Morgan fingerprint density at radius 2 is 2.07 bits per heavy atom. The lowest BCUT2D eigenvalue weighted by atomic mass is 9.57. The topological polar surface area (TPSA) is 69.1 Å². The van der Waals surface area contributed by atoms with Crippen LogP contribution in [0.4, 0.5) is 10.1 Å². The first-order valence-electron chi connectivity index (χ1n) is 11.3. The Hall–Kier alpha value is -1.86. The van der Waals surface area contributed by atoms with E-state index in [-0.39, 0.29) is 17.3 Å². The third-order valence-electron chi connectivity index (χ3n) is 6.97. The van der Waals surface area contributed by atoms with E-state index in [1.54, 1.807) is 6.07 Å². The highest BCUT2D eigenvalue weighted by Gasteiger charge is 2.59.